The quantitative estimate of drug-likeness (QED) is 0.375. The standard InChI is InChI=1S/C14H21N3O2/c1-10-5-6-17(8-10)9-12-7-11(14(15)16-18)3-4-13(12)19-2/h3-4,7,10,18H,5-6,8-9H2,1-2H3,(H2,15,16). The van der Waals surface area contributed by atoms with Gasteiger partial charge >= 0.3 is 0 Å². The molecule has 1 fully saturated rings. The van der Waals surface area contributed by atoms with Crippen LogP contribution >= 0.6 is 0 Å². The van der Waals surface area contributed by atoms with Crippen LogP contribution in [0.5, 0.6) is 5.75 Å². The van der Waals surface area contributed by atoms with E-state index in [0.29, 0.717) is 5.56 Å². The molecular weight excluding hydrogens is 242 g/mol. The third-order valence-corrected chi connectivity index (χ3v) is 3.59. The summed E-state index contributed by atoms with van der Waals surface area (Å²) in [4.78, 5) is 2.40. The van der Waals surface area contributed by atoms with Gasteiger partial charge in [0.2, 0.25) is 0 Å². The lowest BCUT2D eigenvalue weighted by atomic mass is 10.1. The Labute approximate surface area is 113 Å². The molecule has 0 saturated carbocycles. The first-order chi connectivity index (χ1) is 9.13. The molecule has 2 rings (SSSR count). The van der Waals surface area contributed by atoms with Gasteiger partial charge in [0.15, 0.2) is 5.84 Å². The van der Waals surface area contributed by atoms with Crippen LogP contribution in [0, 0.1) is 5.92 Å². The first-order valence-electron chi connectivity index (χ1n) is 6.51. The summed E-state index contributed by atoms with van der Waals surface area (Å²) in [5, 5.41) is 11.8. The van der Waals surface area contributed by atoms with Gasteiger partial charge in [0, 0.05) is 24.2 Å². The average molecular weight is 263 g/mol. The predicted octanol–water partition coefficient (Wildman–Crippen LogP) is 1.63. The molecule has 0 aromatic heterocycles. The first-order valence-corrected chi connectivity index (χ1v) is 6.51. The Morgan fingerprint density at radius 2 is 2.37 bits per heavy atom. The fourth-order valence-electron chi connectivity index (χ4n) is 2.53. The van der Waals surface area contributed by atoms with Crippen molar-refractivity contribution in [2.75, 3.05) is 20.2 Å². The zero-order valence-corrected chi connectivity index (χ0v) is 11.5. The van der Waals surface area contributed by atoms with Crippen molar-refractivity contribution < 1.29 is 9.94 Å². The van der Waals surface area contributed by atoms with Crippen LogP contribution < -0.4 is 10.5 Å². The zero-order valence-electron chi connectivity index (χ0n) is 11.5. The molecule has 0 bridgehead atoms. The Balaban J connectivity index is 2.21. The van der Waals surface area contributed by atoms with Crippen LogP contribution in [0.25, 0.3) is 0 Å². The predicted molar refractivity (Wildman–Crippen MR) is 74.6 cm³/mol. The van der Waals surface area contributed by atoms with E-state index in [1.165, 1.54) is 6.42 Å². The summed E-state index contributed by atoms with van der Waals surface area (Å²) < 4.78 is 5.38. The summed E-state index contributed by atoms with van der Waals surface area (Å²) in [6.07, 6.45) is 1.24. The summed E-state index contributed by atoms with van der Waals surface area (Å²) in [6, 6.07) is 5.59. The number of likely N-dealkylation sites (tertiary alicyclic amines) is 1. The number of ether oxygens (including phenoxy) is 1. The molecule has 1 unspecified atom stereocenters. The van der Waals surface area contributed by atoms with Crippen LogP contribution in [-0.4, -0.2) is 36.1 Å². The van der Waals surface area contributed by atoms with Crippen molar-refractivity contribution in [2.45, 2.75) is 19.9 Å². The van der Waals surface area contributed by atoms with Gasteiger partial charge in [-0.25, -0.2) is 0 Å². The molecule has 0 amide bonds. The fraction of sp³-hybridized carbons (Fsp3) is 0.500. The highest BCUT2D eigenvalue weighted by molar-refractivity contribution is 5.97. The third-order valence-electron chi connectivity index (χ3n) is 3.59. The monoisotopic (exact) mass is 263 g/mol. The highest BCUT2D eigenvalue weighted by atomic mass is 16.5. The zero-order chi connectivity index (χ0) is 13.8. The molecular formula is C14H21N3O2. The highest BCUT2D eigenvalue weighted by Crippen LogP contribution is 2.24. The Morgan fingerprint density at radius 3 is 2.95 bits per heavy atom. The minimum Gasteiger partial charge on any atom is -0.496 e. The second-order valence-electron chi connectivity index (χ2n) is 5.14. The van der Waals surface area contributed by atoms with Crippen molar-refractivity contribution in [1.82, 2.24) is 4.90 Å². The largest absolute Gasteiger partial charge is 0.496 e. The Kier molecular flexibility index (Phi) is 4.27. The number of nitrogens with two attached hydrogens (primary N) is 1. The smallest absolute Gasteiger partial charge is 0.170 e. The number of hydrogen-bond donors (Lipinski definition) is 2. The van der Waals surface area contributed by atoms with E-state index < -0.39 is 0 Å². The second-order valence-corrected chi connectivity index (χ2v) is 5.14. The number of amidine groups is 1. The van der Waals surface area contributed by atoms with Crippen molar-refractivity contribution in [3.8, 4) is 5.75 Å². The normalized spacial score (nSPS) is 20.7. The Hall–Kier alpha value is -1.75. The molecule has 1 heterocycles. The van der Waals surface area contributed by atoms with Gasteiger partial charge in [0.25, 0.3) is 0 Å². The van der Waals surface area contributed by atoms with Crippen molar-refractivity contribution in [2.24, 2.45) is 16.8 Å². The third kappa shape index (κ3) is 3.17. The minimum atomic E-state index is 0.124. The maximum absolute atomic E-state index is 8.75. The molecule has 5 nitrogen and oxygen atoms in total. The van der Waals surface area contributed by atoms with Gasteiger partial charge in [-0.15, -0.1) is 0 Å². The molecule has 1 saturated heterocycles. The molecule has 104 valence electrons. The molecule has 1 aromatic carbocycles. The Morgan fingerprint density at radius 1 is 1.58 bits per heavy atom. The minimum absolute atomic E-state index is 0.124. The van der Waals surface area contributed by atoms with E-state index in [4.69, 9.17) is 15.7 Å². The van der Waals surface area contributed by atoms with Crippen molar-refractivity contribution in [3.63, 3.8) is 0 Å². The van der Waals surface area contributed by atoms with E-state index in [1.54, 1.807) is 13.2 Å². The molecule has 1 aliphatic heterocycles. The number of benzene rings is 1. The van der Waals surface area contributed by atoms with Gasteiger partial charge < -0.3 is 15.7 Å². The topological polar surface area (TPSA) is 71.1 Å². The molecule has 1 atom stereocenters. The number of oxime groups is 1. The number of hydrogen-bond acceptors (Lipinski definition) is 4. The maximum atomic E-state index is 8.75. The molecule has 0 aliphatic carbocycles. The average Bonchev–Trinajstić information content (AvgIpc) is 2.83. The first kappa shape index (κ1) is 13.7. The van der Waals surface area contributed by atoms with E-state index in [2.05, 4.69) is 17.0 Å². The number of nitrogens with zero attached hydrogens (tertiary/aromatic N) is 2. The van der Waals surface area contributed by atoms with Gasteiger partial charge in [0.05, 0.1) is 7.11 Å². The van der Waals surface area contributed by atoms with Crippen LogP contribution in [0.2, 0.25) is 0 Å². The molecule has 0 radical (unpaired) electrons. The second kappa shape index (κ2) is 5.93. The number of rotatable bonds is 4. The van der Waals surface area contributed by atoms with Crippen LogP contribution in [-0.2, 0) is 6.54 Å². The molecule has 1 aliphatic rings. The van der Waals surface area contributed by atoms with Gasteiger partial charge in [0.1, 0.15) is 5.75 Å². The SMILES string of the molecule is COc1ccc(/C(N)=N/O)cc1CN1CCC(C)C1. The fourth-order valence-corrected chi connectivity index (χ4v) is 2.53. The van der Waals surface area contributed by atoms with Gasteiger partial charge in [-0.1, -0.05) is 12.1 Å². The van der Waals surface area contributed by atoms with Gasteiger partial charge in [-0.3, -0.25) is 4.90 Å². The van der Waals surface area contributed by atoms with Gasteiger partial charge in [-0.2, -0.15) is 0 Å². The molecule has 1 aromatic rings. The lowest BCUT2D eigenvalue weighted by Gasteiger charge is -2.18. The lowest BCUT2D eigenvalue weighted by Crippen LogP contribution is -2.21. The summed E-state index contributed by atoms with van der Waals surface area (Å²) in [6.45, 7) is 5.32. The van der Waals surface area contributed by atoms with Crippen LogP contribution in [0.15, 0.2) is 23.4 Å². The molecule has 5 heteroatoms. The van der Waals surface area contributed by atoms with Crippen LogP contribution in [0.1, 0.15) is 24.5 Å². The van der Waals surface area contributed by atoms with Crippen LogP contribution in [0.4, 0.5) is 0 Å². The summed E-state index contributed by atoms with van der Waals surface area (Å²) >= 11 is 0. The summed E-state index contributed by atoms with van der Waals surface area (Å²) in [5.41, 5.74) is 7.41. The van der Waals surface area contributed by atoms with Gasteiger partial charge in [-0.05, 0) is 37.1 Å². The molecule has 19 heavy (non-hydrogen) atoms. The highest BCUT2D eigenvalue weighted by Gasteiger charge is 2.20. The number of methoxy groups -OCH3 is 1. The summed E-state index contributed by atoms with van der Waals surface area (Å²) in [7, 11) is 1.66. The van der Waals surface area contributed by atoms with Crippen LogP contribution in [0.3, 0.4) is 0 Å². The van der Waals surface area contributed by atoms with E-state index in [1.807, 2.05) is 12.1 Å². The summed E-state index contributed by atoms with van der Waals surface area (Å²) in [5.74, 6) is 1.71. The van der Waals surface area contributed by atoms with E-state index in [0.717, 1.165) is 36.9 Å². The Bertz CT molecular complexity index is 474. The molecule has 0 spiro atoms. The molecule has 3 N–H and O–H groups in total. The van der Waals surface area contributed by atoms with Crippen molar-refractivity contribution in [1.29, 1.82) is 0 Å². The lowest BCUT2D eigenvalue weighted by molar-refractivity contribution is 0.311. The van der Waals surface area contributed by atoms with Crippen molar-refractivity contribution >= 4 is 5.84 Å². The van der Waals surface area contributed by atoms with E-state index >= 15 is 0 Å². The van der Waals surface area contributed by atoms with Crippen molar-refractivity contribution in [3.05, 3.63) is 29.3 Å². The van der Waals surface area contributed by atoms with E-state index in [9.17, 15) is 0 Å². The maximum Gasteiger partial charge on any atom is 0.170 e. The van der Waals surface area contributed by atoms with E-state index in [-0.39, 0.29) is 5.84 Å².